The van der Waals surface area contributed by atoms with E-state index in [-0.39, 0.29) is 46.7 Å². The average Bonchev–Trinajstić information content (AvgIpc) is 2.97. The molecule has 0 aromatic rings. The van der Waals surface area contributed by atoms with Crippen LogP contribution in [0.3, 0.4) is 0 Å². The zero-order valence-electron chi connectivity index (χ0n) is 18.9. The van der Waals surface area contributed by atoms with Crippen LogP contribution in [0.15, 0.2) is 22.8 Å². The molecule has 4 aliphatic rings. The molecule has 0 bridgehead atoms. The molecule has 2 unspecified atom stereocenters. The second kappa shape index (κ2) is 7.35. The van der Waals surface area contributed by atoms with Gasteiger partial charge in [0.15, 0.2) is 0 Å². The van der Waals surface area contributed by atoms with Crippen LogP contribution in [0.2, 0.25) is 0 Å². The maximum absolute atomic E-state index is 12.4. The zero-order chi connectivity index (χ0) is 21.8. The Labute approximate surface area is 179 Å². The Morgan fingerprint density at radius 1 is 1.00 bits per heavy atom. The Kier molecular flexibility index (Phi) is 5.22. The van der Waals surface area contributed by atoms with Gasteiger partial charge in [0.1, 0.15) is 18.0 Å². The van der Waals surface area contributed by atoms with Gasteiger partial charge in [0.05, 0.1) is 0 Å². The van der Waals surface area contributed by atoms with Gasteiger partial charge in [-0.05, 0) is 62.4 Å². The molecule has 0 aromatic carbocycles. The summed E-state index contributed by atoms with van der Waals surface area (Å²) >= 11 is 0. The first-order valence-electron chi connectivity index (χ1n) is 11.3. The van der Waals surface area contributed by atoms with E-state index in [1.165, 1.54) is 30.6 Å². The summed E-state index contributed by atoms with van der Waals surface area (Å²) in [4.78, 5) is 35.9. The first-order chi connectivity index (χ1) is 14.1. The van der Waals surface area contributed by atoms with E-state index in [1.807, 2.05) is 0 Å². The Morgan fingerprint density at radius 2 is 1.70 bits per heavy atom. The van der Waals surface area contributed by atoms with Crippen molar-refractivity contribution in [2.24, 2.45) is 22.7 Å². The third kappa shape index (κ3) is 3.25. The molecule has 6 atom stereocenters. The summed E-state index contributed by atoms with van der Waals surface area (Å²) < 4.78 is 11.5. The van der Waals surface area contributed by atoms with Gasteiger partial charge in [0, 0.05) is 31.6 Å². The summed E-state index contributed by atoms with van der Waals surface area (Å²) in [7, 11) is 0. The molecule has 5 heteroatoms. The summed E-state index contributed by atoms with van der Waals surface area (Å²) in [6.07, 6.45) is 7.93. The first-order valence-corrected chi connectivity index (χ1v) is 11.3. The molecule has 0 saturated heterocycles. The standard InChI is InChI=1S/C25H34O5/c1-14(26)20-8-9-21-19-7-6-17-12-18(29-15(2)27)10-11-24(17,4)23(19)22(30-16(3)28)13-25(20,21)5/h6,18,20-22H,7-13H2,1-5H3/t18?,20-,21+,22?,24+,25-/m1/s1. The molecule has 164 valence electrons. The maximum atomic E-state index is 12.4. The van der Waals surface area contributed by atoms with E-state index >= 15 is 0 Å². The fourth-order valence-corrected chi connectivity index (χ4v) is 7.29. The van der Waals surface area contributed by atoms with Gasteiger partial charge in [-0.3, -0.25) is 14.4 Å². The molecule has 4 aliphatic carbocycles. The summed E-state index contributed by atoms with van der Waals surface area (Å²) in [5.74, 6) is 0.166. The fraction of sp³-hybridized carbons (Fsp3) is 0.720. The van der Waals surface area contributed by atoms with Crippen molar-refractivity contribution >= 4 is 17.7 Å². The lowest BCUT2D eigenvalue weighted by molar-refractivity contribution is -0.150. The van der Waals surface area contributed by atoms with Gasteiger partial charge < -0.3 is 9.47 Å². The number of Topliss-reactive ketones (excluding diaryl/α,β-unsaturated/α-hetero) is 1. The molecule has 0 heterocycles. The molecule has 0 spiro atoms. The number of rotatable bonds is 3. The summed E-state index contributed by atoms with van der Waals surface area (Å²) in [5, 5.41) is 0. The van der Waals surface area contributed by atoms with Gasteiger partial charge in [-0.1, -0.05) is 31.1 Å². The number of carbonyl (C=O) groups is 3. The number of ketones is 1. The van der Waals surface area contributed by atoms with Crippen molar-refractivity contribution in [1.29, 1.82) is 0 Å². The Morgan fingerprint density at radius 3 is 2.33 bits per heavy atom. The molecule has 4 rings (SSSR count). The van der Waals surface area contributed by atoms with Crippen LogP contribution in [0, 0.1) is 22.7 Å². The van der Waals surface area contributed by atoms with Gasteiger partial charge in [0.2, 0.25) is 0 Å². The number of esters is 2. The third-order valence-corrected chi connectivity index (χ3v) is 8.47. The van der Waals surface area contributed by atoms with E-state index in [9.17, 15) is 14.4 Å². The molecular formula is C25H34O5. The number of ether oxygens (including phenoxy) is 2. The summed E-state index contributed by atoms with van der Waals surface area (Å²) in [6, 6.07) is 0. The molecule has 0 aliphatic heterocycles. The Balaban J connectivity index is 1.74. The molecule has 0 amide bonds. The number of allylic oxidation sites excluding steroid dienone is 2. The van der Waals surface area contributed by atoms with Gasteiger partial charge in [-0.15, -0.1) is 0 Å². The summed E-state index contributed by atoms with van der Waals surface area (Å²) in [6.45, 7) is 9.16. The lowest BCUT2D eigenvalue weighted by Gasteiger charge is -2.53. The lowest BCUT2D eigenvalue weighted by Crippen LogP contribution is -2.48. The quantitative estimate of drug-likeness (QED) is 0.495. The van der Waals surface area contributed by atoms with Crippen molar-refractivity contribution in [3.63, 3.8) is 0 Å². The van der Waals surface area contributed by atoms with E-state index in [0.29, 0.717) is 5.92 Å². The van der Waals surface area contributed by atoms with Gasteiger partial charge in [-0.25, -0.2) is 0 Å². The van der Waals surface area contributed by atoms with Crippen LogP contribution in [0.1, 0.15) is 79.6 Å². The predicted octanol–water partition coefficient (Wildman–Crippen LogP) is 4.69. The van der Waals surface area contributed by atoms with E-state index in [0.717, 1.165) is 44.9 Å². The monoisotopic (exact) mass is 414 g/mol. The van der Waals surface area contributed by atoms with Crippen molar-refractivity contribution in [1.82, 2.24) is 0 Å². The Bertz CT molecular complexity index is 852. The van der Waals surface area contributed by atoms with Crippen molar-refractivity contribution in [3.8, 4) is 0 Å². The highest BCUT2D eigenvalue weighted by Gasteiger charge is 2.58. The molecule has 2 saturated carbocycles. The Hall–Kier alpha value is -1.91. The zero-order valence-corrected chi connectivity index (χ0v) is 18.9. The van der Waals surface area contributed by atoms with Crippen LogP contribution in [-0.4, -0.2) is 29.9 Å². The minimum atomic E-state index is -0.280. The maximum Gasteiger partial charge on any atom is 0.303 e. The smallest absolute Gasteiger partial charge is 0.303 e. The topological polar surface area (TPSA) is 69.7 Å². The van der Waals surface area contributed by atoms with Crippen molar-refractivity contribution in [3.05, 3.63) is 22.8 Å². The first kappa shape index (κ1) is 21.3. The fourth-order valence-electron chi connectivity index (χ4n) is 7.29. The SMILES string of the molecule is CC(=O)OC1CC[C@@]2(C)C(=CCC3=C2C(OC(C)=O)C[C@]2(C)[C@@H](C(C)=O)CC[C@@H]32)C1. The molecule has 2 fully saturated rings. The van der Waals surface area contributed by atoms with Crippen molar-refractivity contribution < 1.29 is 23.9 Å². The van der Waals surface area contributed by atoms with Crippen LogP contribution in [0.4, 0.5) is 0 Å². The second-order valence-electron chi connectivity index (χ2n) is 10.3. The van der Waals surface area contributed by atoms with E-state index in [2.05, 4.69) is 19.9 Å². The third-order valence-electron chi connectivity index (χ3n) is 8.47. The largest absolute Gasteiger partial charge is 0.462 e. The number of fused-ring (bicyclic) bond motifs is 4. The minimum absolute atomic E-state index is 0.0347. The molecule has 0 aromatic heterocycles. The minimum Gasteiger partial charge on any atom is -0.462 e. The van der Waals surface area contributed by atoms with E-state index in [1.54, 1.807) is 6.92 Å². The number of hydrogen-bond acceptors (Lipinski definition) is 5. The lowest BCUT2D eigenvalue weighted by atomic mass is 9.53. The predicted molar refractivity (Wildman–Crippen MR) is 112 cm³/mol. The van der Waals surface area contributed by atoms with E-state index in [4.69, 9.17) is 9.47 Å². The highest BCUT2D eigenvalue weighted by Crippen LogP contribution is 2.64. The molecular weight excluding hydrogens is 380 g/mol. The highest BCUT2D eigenvalue weighted by molar-refractivity contribution is 5.80. The van der Waals surface area contributed by atoms with Crippen LogP contribution in [-0.2, 0) is 23.9 Å². The summed E-state index contributed by atoms with van der Waals surface area (Å²) in [5.41, 5.74) is 3.67. The average molecular weight is 415 g/mol. The molecule has 0 radical (unpaired) electrons. The van der Waals surface area contributed by atoms with Crippen LogP contribution < -0.4 is 0 Å². The second-order valence-corrected chi connectivity index (χ2v) is 10.3. The van der Waals surface area contributed by atoms with Gasteiger partial charge in [-0.2, -0.15) is 0 Å². The number of hydrogen-bond donors (Lipinski definition) is 0. The molecule has 5 nitrogen and oxygen atoms in total. The van der Waals surface area contributed by atoms with Gasteiger partial charge in [0.25, 0.3) is 0 Å². The van der Waals surface area contributed by atoms with E-state index < -0.39 is 0 Å². The highest BCUT2D eigenvalue weighted by atomic mass is 16.5. The normalized spacial score (nSPS) is 40.0. The van der Waals surface area contributed by atoms with Crippen molar-refractivity contribution in [2.75, 3.05) is 0 Å². The molecule has 30 heavy (non-hydrogen) atoms. The van der Waals surface area contributed by atoms with Crippen LogP contribution >= 0.6 is 0 Å². The van der Waals surface area contributed by atoms with Crippen LogP contribution in [0.5, 0.6) is 0 Å². The van der Waals surface area contributed by atoms with Gasteiger partial charge >= 0.3 is 11.9 Å². The van der Waals surface area contributed by atoms with Crippen LogP contribution in [0.25, 0.3) is 0 Å². The van der Waals surface area contributed by atoms with Crippen molar-refractivity contribution in [2.45, 2.75) is 91.8 Å². The number of carbonyl (C=O) groups excluding carboxylic acids is 3. The molecule has 0 N–H and O–H groups in total.